The molecule has 0 aliphatic heterocycles. The fourth-order valence-corrected chi connectivity index (χ4v) is 1.37. The maximum atomic E-state index is 3.22. The quantitative estimate of drug-likeness (QED) is 0.639. The van der Waals surface area contributed by atoms with Gasteiger partial charge < -0.3 is 4.98 Å². The number of aromatic amines is 1. The lowest BCUT2D eigenvalue weighted by atomic mass is 10.1. The molecular weight excluding hydrogens is 170 g/mol. The zero-order valence-electron chi connectivity index (χ0n) is 9.52. The first-order chi connectivity index (χ1) is 6.69. The lowest BCUT2D eigenvalue weighted by Crippen LogP contribution is -1.72. The smallest absolute Gasteiger partial charge is 0.0456 e. The summed E-state index contributed by atoms with van der Waals surface area (Å²) in [6.45, 7) is 8.49. The Labute approximate surface area is 86.2 Å². The number of H-pyrrole nitrogens is 1. The zero-order valence-corrected chi connectivity index (χ0v) is 9.52. The van der Waals surface area contributed by atoms with Crippen LogP contribution in [0.25, 0.3) is 10.9 Å². The van der Waals surface area contributed by atoms with Crippen molar-refractivity contribution < 1.29 is 0 Å². The summed E-state index contributed by atoms with van der Waals surface area (Å²) >= 11 is 0. The van der Waals surface area contributed by atoms with Gasteiger partial charge in [-0.3, -0.25) is 0 Å². The molecule has 1 aromatic carbocycles. The third-order valence-electron chi connectivity index (χ3n) is 2.04. The van der Waals surface area contributed by atoms with Gasteiger partial charge in [-0.1, -0.05) is 31.9 Å². The van der Waals surface area contributed by atoms with Crippen molar-refractivity contribution in [1.82, 2.24) is 4.98 Å². The normalized spacial score (nSPS) is 9.71. The number of rotatable bonds is 0. The van der Waals surface area contributed by atoms with Crippen LogP contribution in [-0.2, 0) is 0 Å². The molecule has 2 rings (SSSR count). The SMILES string of the molecule is CCC.Cc1ccc2[nH]cc(C)c2c1. The molecule has 0 atom stereocenters. The lowest BCUT2D eigenvalue weighted by Gasteiger charge is -1.92. The summed E-state index contributed by atoms with van der Waals surface area (Å²) in [4.78, 5) is 3.22. The molecule has 0 unspecified atom stereocenters. The first-order valence-electron chi connectivity index (χ1n) is 5.23. The topological polar surface area (TPSA) is 15.8 Å². The Kier molecular flexibility index (Phi) is 3.75. The maximum absolute atomic E-state index is 3.22. The molecule has 1 heterocycles. The maximum Gasteiger partial charge on any atom is 0.0456 e. The van der Waals surface area contributed by atoms with E-state index in [2.05, 4.69) is 50.9 Å². The van der Waals surface area contributed by atoms with E-state index in [0.29, 0.717) is 0 Å². The number of fused-ring (bicyclic) bond motifs is 1. The van der Waals surface area contributed by atoms with Gasteiger partial charge in [-0.2, -0.15) is 0 Å². The molecule has 0 saturated heterocycles. The Bertz CT molecular complexity index is 399. The standard InChI is InChI=1S/C10H11N.C3H8/c1-7-3-4-10-9(5-7)8(2)6-11-10;1-3-2/h3-6,11H,1-2H3;3H2,1-2H3. The number of hydrogen-bond acceptors (Lipinski definition) is 0. The summed E-state index contributed by atoms with van der Waals surface area (Å²) in [5.74, 6) is 0. The second kappa shape index (κ2) is 4.85. The van der Waals surface area contributed by atoms with Crippen molar-refractivity contribution in [1.29, 1.82) is 0 Å². The summed E-state index contributed by atoms with van der Waals surface area (Å²) in [6.07, 6.45) is 3.30. The first kappa shape index (κ1) is 10.8. The van der Waals surface area contributed by atoms with Crippen molar-refractivity contribution in [3.05, 3.63) is 35.5 Å². The molecule has 0 aliphatic rings. The molecule has 1 heteroatoms. The molecule has 0 radical (unpaired) electrons. The van der Waals surface area contributed by atoms with Gasteiger partial charge in [0.1, 0.15) is 0 Å². The van der Waals surface area contributed by atoms with E-state index in [1.807, 2.05) is 6.20 Å². The minimum Gasteiger partial charge on any atom is -0.361 e. The van der Waals surface area contributed by atoms with Crippen LogP contribution in [0, 0.1) is 13.8 Å². The van der Waals surface area contributed by atoms with Gasteiger partial charge in [0.25, 0.3) is 0 Å². The van der Waals surface area contributed by atoms with Crippen LogP contribution in [0.5, 0.6) is 0 Å². The molecule has 0 aliphatic carbocycles. The lowest BCUT2D eigenvalue weighted by molar-refractivity contribution is 1.09. The molecule has 14 heavy (non-hydrogen) atoms. The molecule has 0 amide bonds. The average Bonchev–Trinajstić information content (AvgIpc) is 2.49. The number of aryl methyl sites for hydroxylation is 2. The van der Waals surface area contributed by atoms with Crippen LogP contribution in [-0.4, -0.2) is 4.98 Å². The fourth-order valence-electron chi connectivity index (χ4n) is 1.37. The average molecular weight is 189 g/mol. The van der Waals surface area contributed by atoms with Gasteiger partial charge in [0, 0.05) is 17.1 Å². The Morgan fingerprint density at radius 3 is 2.43 bits per heavy atom. The minimum atomic E-state index is 1.23. The van der Waals surface area contributed by atoms with Crippen molar-refractivity contribution in [3.8, 4) is 0 Å². The Morgan fingerprint density at radius 1 is 1.14 bits per heavy atom. The highest BCUT2D eigenvalue weighted by Crippen LogP contribution is 2.17. The van der Waals surface area contributed by atoms with Crippen molar-refractivity contribution in [2.75, 3.05) is 0 Å². The molecule has 1 nitrogen and oxygen atoms in total. The van der Waals surface area contributed by atoms with Crippen LogP contribution < -0.4 is 0 Å². The predicted octanol–water partition coefficient (Wildman–Crippen LogP) is 4.20. The molecule has 0 spiro atoms. The largest absolute Gasteiger partial charge is 0.361 e. The van der Waals surface area contributed by atoms with E-state index in [9.17, 15) is 0 Å². The monoisotopic (exact) mass is 189 g/mol. The number of aromatic nitrogens is 1. The van der Waals surface area contributed by atoms with E-state index in [-0.39, 0.29) is 0 Å². The summed E-state index contributed by atoms with van der Waals surface area (Å²) in [5.41, 5.74) is 3.87. The summed E-state index contributed by atoms with van der Waals surface area (Å²) in [7, 11) is 0. The molecular formula is C13H19N. The second-order valence-electron chi connectivity index (χ2n) is 3.73. The molecule has 76 valence electrons. The van der Waals surface area contributed by atoms with Gasteiger partial charge in [0.2, 0.25) is 0 Å². The predicted molar refractivity (Wildman–Crippen MR) is 63.7 cm³/mol. The van der Waals surface area contributed by atoms with E-state index in [1.54, 1.807) is 0 Å². The van der Waals surface area contributed by atoms with Crippen molar-refractivity contribution in [2.24, 2.45) is 0 Å². The Morgan fingerprint density at radius 2 is 1.79 bits per heavy atom. The molecule has 0 bridgehead atoms. The highest BCUT2D eigenvalue weighted by molar-refractivity contribution is 5.83. The molecule has 1 N–H and O–H groups in total. The van der Waals surface area contributed by atoms with Crippen molar-refractivity contribution in [2.45, 2.75) is 34.1 Å². The van der Waals surface area contributed by atoms with E-state index < -0.39 is 0 Å². The van der Waals surface area contributed by atoms with E-state index in [0.717, 1.165) is 0 Å². The van der Waals surface area contributed by atoms with Crippen LogP contribution in [0.1, 0.15) is 31.4 Å². The number of benzene rings is 1. The van der Waals surface area contributed by atoms with Gasteiger partial charge in [-0.25, -0.2) is 0 Å². The third kappa shape index (κ3) is 2.38. The van der Waals surface area contributed by atoms with Crippen molar-refractivity contribution >= 4 is 10.9 Å². The molecule has 0 fully saturated rings. The fraction of sp³-hybridized carbons (Fsp3) is 0.385. The summed E-state index contributed by atoms with van der Waals surface area (Å²) in [6, 6.07) is 6.46. The van der Waals surface area contributed by atoms with Crippen molar-refractivity contribution in [3.63, 3.8) is 0 Å². The van der Waals surface area contributed by atoms with E-state index in [1.165, 1.54) is 28.5 Å². The van der Waals surface area contributed by atoms with Crippen LogP contribution in [0.15, 0.2) is 24.4 Å². The third-order valence-corrected chi connectivity index (χ3v) is 2.04. The highest BCUT2D eigenvalue weighted by Gasteiger charge is 1.97. The van der Waals surface area contributed by atoms with Crippen LogP contribution in [0.3, 0.4) is 0 Å². The van der Waals surface area contributed by atoms with Crippen LogP contribution in [0.4, 0.5) is 0 Å². The zero-order chi connectivity index (χ0) is 10.6. The highest BCUT2D eigenvalue weighted by atomic mass is 14.7. The van der Waals surface area contributed by atoms with E-state index in [4.69, 9.17) is 0 Å². The van der Waals surface area contributed by atoms with Gasteiger partial charge in [-0.15, -0.1) is 0 Å². The Balaban J connectivity index is 0.000000293. The number of nitrogens with one attached hydrogen (secondary N) is 1. The summed E-state index contributed by atoms with van der Waals surface area (Å²) < 4.78 is 0. The van der Waals surface area contributed by atoms with Gasteiger partial charge in [0.15, 0.2) is 0 Å². The molecule has 0 saturated carbocycles. The minimum absolute atomic E-state index is 1.23. The van der Waals surface area contributed by atoms with Gasteiger partial charge in [0.05, 0.1) is 0 Å². The van der Waals surface area contributed by atoms with E-state index >= 15 is 0 Å². The second-order valence-corrected chi connectivity index (χ2v) is 3.73. The summed E-state index contributed by atoms with van der Waals surface area (Å²) in [5, 5.41) is 1.34. The van der Waals surface area contributed by atoms with Crippen LogP contribution >= 0.6 is 0 Å². The van der Waals surface area contributed by atoms with Gasteiger partial charge in [-0.05, 0) is 31.5 Å². The first-order valence-corrected chi connectivity index (χ1v) is 5.23. The van der Waals surface area contributed by atoms with Gasteiger partial charge >= 0.3 is 0 Å². The Hall–Kier alpha value is -1.24. The molecule has 1 aromatic heterocycles. The molecule has 2 aromatic rings. The number of hydrogen-bond donors (Lipinski definition) is 1. The van der Waals surface area contributed by atoms with Crippen LogP contribution in [0.2, 0.25) is 0 Å².